The molecule has 29 heavy (non-hydrogen) atoms. The number of carbonyl (C=O) groups is 2. The van der Waals surface area contributed by atoms with Gasteiger partial charge in [0.2, 0.25) is 0 Å². The normalized spacial score (nSPS) is 9.93. The van der Waals surface area contributed by atoms with Crippen molar-refractivity contribution < 1.29 is 19.8 Å². The smallest absolute Gasteiger partial charge is 0.335 e. The van der Waals surface area contributed by atoms with Crippen molar-refractivity contribution in [1.29, 1.82) is 0 Å². The Morgan fingerprint density at radius 3 is 1.31 bits per heavy atom. The van der Waals surface area contributed by atoms with Crippen LogP contribution in [0.15, 0.2) is 84.9 Å². The summed E-state index contributed by atoms with van der Waals surface area (Å²) < 4.78 is 0. The molecule has 0 aliphatic carbocycles. The second-order valence-corrected chi connectivity index (χ2v) is 7.46. The number of carboxylic acids is 2. The minimum atomic E-state index is -0.879. The van der Waals surface area contributed by atoms with Gasteiger partial charge in [0.1, 0.15) is 0 Å². The standard InChI is InChI=1S/C11H16.2C7H6O2/c1-9-6-5-7-10(8-9)11(2,3)4;2*8-7(9)6-4-2-1-3-5-6/h5-8H,1-4H3;2*1-5H,(H,8,9). The Labute approximate surface area is 172 Å². The van der Waals surface area contributed by atoms with E-state index in [4.69, 9.17) is 10.2 Å². The van der Waals surface area contributed by atoms with E-state index in [0.717, 1.165) is 0 Å². The van der Waals surface area contributed by atoms with Crippen molar-refractivity contribution >= 4 is 11.9 Å². The summed E-state index contributed by atoms with van der Waals surface area (Å²) in [6.45, 7) is 8.85. The molecular formula is C25H28O4. The maximum absolute atomic E-state index is 10.2. The predicted octanol–water partition coefficient (Wildman–Crippen LogP) is 6.06. The van der Waals surface area contributed by atoms with Crippen LogP contribution in [0.5, 0.6) is 0 Å². The highest BCUT2D eigenvalue weighted by atomic mass is 16.4. The molecule has 3 rings (SSSR count). The third-order valence-corrected chi connectivity index (χ3v) is 3.93. The van der Waals surface area contributed by atoms with Crippen molar-refractivity contribution in [2.24, 2.45) is 0 Å². The first-order chi connectivity index (χ1) is 13.6. The molecule has 0 saturated heterocycles. The average Bonchev–Trinajstić information content (AvgIpc) is 2.70. The molecule has 0 bridgehead atoms. The zero-order valence-electron chi connectivity index (χ0n) is 17.3. The molecule has 0 unspecified atom stereocenters. The number of aromatic carboxylic acids is 2. The monoisotopic (exact) mass is 392 g/mol. The largest absolute Gasteiger partial charge is 0.478 e. The highest BCUT2D eigenvalue weighted by Crippen LogP contribution is 2.22. The molecule has 0 amide bonds. The fourth-order valence-corrected chi connectivity index (χ4v) is 2.27. The molecule has 0 fully saturated rings. The van der Waals surface area contributed by atoms with Crippen molar-refractivity contribution in [3.05, 3.63) is 107 Å². The molecule has 0 atom stereocenters. The summed E-state index contributed by atoms with van der Waals surface area (Å²) >= 11 is 0. The fraction of sp³-hybridized carbons (Fsp3) is 0.200. The van der Waals surface area contributed by atoms with Crippen LogP contribution in [0.3, 0.4) is 0 Å². The van der Waals surface area contributed by atoms with Crippen LogP contribution in [0.1, 0.15) is 52.6 Å². The Morgan fingerprint density at radius 2 is 1.07 bits per heavy atom. The van der Waals surface area contributed by atoms with Crippen LogP contribution in [0, 0.1) is 6.92 Å². The summed E-state index contributed by atoms with van der Waals surface area (Å²) in [5, 5.41) is 16.8. The van der Waals surface area contributed by atoms with E-state index in [0.29, 0.717) is 11.1 Å². The zero-order valence-corrected chi connectivity index (χ0v) is 17.3. The molecular weight excluding hydrogens is 364 g/mol. The van der Waals surface area contributed by atoms with E-state index in [1.807, 2.05) is 0 Å². The molecule has 0 aliphatic rings. The van der Waals surface area contributed by atoms with Gasteiger partial charge in [0.25, 0.3) is 0 Å². The molecule has 2 N–H and O–H groups in total. The fourth-order valence-electron chi connectivity index (χ4n) is 2.27. The summed E-state index contributed by atoms with van der Waals surface area (Å²) in [5.74, 6) is -1.76. The molecule has 152 valence electrons. The second kappa shape index (κ2) is 11.4. The van der Waals surface area contributed by atoms with Gasteiger partial charge in [-0.05, 0) is 42.2 Å². The van der Waals surface area contributed by atoms with Crippen LogP contribution in [-0.2, 0) is 5.41 Å². The lowest BCUT2D eigenvalue weighted by Crippen LogP contribution is -2.10. The quantitative estimate of drug-likeness (QED) is 0.556. The summed E-state index contributed by atoms with van der Waals surface area (Å²) in [7, 11) is 0. The van der Waals surface area contributed by atoms with Crippen LogP contribution >= 0.6 is 0 Å². The Balaban J connectivity index is 0.000000219. The first-order valence-corrected chi connectivity index (χ1v) is 9.25. The van der Waals surface area contributed by atoms with E-state index in [2.05, 4.69) is 52.0 Å². The highest BCUT2D eigenvalue weighted by molar-refractivity contribution is 5.87. The minimum absolute atomic E-state index is 0.284. The van der Waals surface area contributed by atoms with Gasteiger partial charge >= 0.3 is 11.9 Å². The molecule has 0 aliphatic heterocycles. The van der Waals surface area contributed by atoms with Gasteiger partial charge in [-0.1, -0.05) is 87.0 Å². The highest BCUT2D eigenvalue weighted by Gasteiger charge is 2.12. The van der Waals surface area contributed by atoms with Crippen molar-refractivity contribution in [3.8, 4) is 0 Å². The summed E-state index contributed by atoms with van der Waals surface area (Å²) in [5.41, 5.74) is 3.70. The third-order valence-electron chi connectivity index (χ3n) is 3.93. The summed E-state index contributed by atoms with van der Waals surface area (Å²) in [6, 6.07) is 25.3. The van der Waals surface area contributed by atoms with Gasteiger partial charge in [-0.2, -0.15) is 0 Å². The van der Waals surface area contributed by atoms with Crippen molar-refractivity contribution in [1.82, 2.24) is 0 Å². The van der Waals surface area contributed by atoms with Gasteiger partial charge < -0.3 is 10.2 Å². The molecule has 4 nitrogen and oxygen atoms in total. The van der Waals surface area contributed by atoms with E-state index in [9.17, 15) is 9.59 Å². The van der Waals surface area contributed by atoms with Gasteiger partial charge in [-0.3, -0.25) is 0 Å². The zero-order chi connectivity index (χ0) is 21.9. The topological polar surface area (TPSA) is 74.6 Å². The van der Waals surface area contributed by atoms with Gasteiger partial charge in [-0.25, -0.2) is 9.59 Å². The predicted molar refractivity (Wildman–Crippen MR) is 117 cm³/mol. The van der Waals surface area contributed by atoms with E-state index in [-0.39, 0.29) is 5.41 Å². The van der Waals surface area contributed by atoms with Crippen LogP contribution in [-0.4, -0.2) is 22.2 Å². The number of carboxylic acid groups (broad SMARTS) is 2. The van der Waals surface area contributed by atoms with Crippen molar-refractivity contribution in [2.45, 2.75) is 33.1 Å². The molecule has 0 heterocycles. The van der Waals surface area contributed by atoms with Crippen LogP contribution in [0.4, 0.5) is 0 Å². The van der Waals surface area contributed by atoms with Crippen LogP contribution < -0.4 is 0 Å². The lowest BCUT2D eigenvalue weighted by Gasteiger charge is -2.19. The van der Waals surface area contributed by atoms with Crippen LogP contribution in [0.25, 0.3) is 0 Å². The first kappa shape index (κ1) is 23.6. The summed E-state index contributed by atoms with van der Waals surface area (Å²) in [6.07, 6.45) is 0. The molecule has 3 aromatic rings. The number of benzene rings is 3. The molecule has 3 aromatic carbocycles. The lowest BCUT2D eigenvalue weighted by molar-refractivity contribution is 0.0686. The number of aryl methyl sites for hydroxylation is 1. The van der Waals surface area contributed by atoms with E-state index in [1.165, 1.54) is 11.1 Å². The van der Waals surface area contributed by atoms with Crippen molar-refractivity contribution in [3.63, 3.8) is 0 Å². The Kier molecular flexibility index (Phi) is 9.33. The first-order valence-electron chi connectivity index (χ1n) is 9.25. The molecule has 0 radical (unpaired) electrons. The molecule has 4 heteroatoms. The van der Waals surface area contributed by atoms with Crippen LogP contribution in [0.2, 0.25) is 0 Å². The lowest BCUT2D eigenvalue weighted by atomic mass is 9.86. The maximum atomic E-state index is 10.2. The average molecular weight is 392 g/mol. The van der Waals surface area contributed by atoms with Gasteiger partial charge in [0, 0.05) is 0 Å². The van der Waals surface area contributed by atoms with E-state index in [1.54, 1.807) is 60.7 Å². The Morgan fingerprint density at radius 1 is 0.655 bits per heavy atom. The number of hydrogen-bond donors (Lipinski definition) is 2. The van der Waals surface area contributed by atoms with Crippen molar-refractivity contribution in [2.75, 3.05) is 0 Å². The van der Waals surface area contributed by atoms with Gasteiger partial charge in [-0.15, -0.1) is 0 Å². The Bertz CT molecular complexity index is 845. The van der Waals surface area contributed by atoms with Gasteiger partial charge in [0.15, 0.2) is 0 Å². The number of rotatable bonds is 2. The second-order valence-electron chi connectivity index (χ2n) is 7.46. The SMILES string of the molecule is Cc1cccc(C(C)(C)C)c1.O=C(O)c1ccccc1.O=C(O)c1ccccc1. The number of hydrogen-bond acceptors (Lipinski definition) is 2. The van der Waals surface area contributed by atoms with E-state index < -0.39 is 11.9 Å². The van der Waals surface area contributed by atoms with Gasteiger partial charge in [0.05, 0.1) is 11.1 Å². The molecule has 0 saturated carbocycles. The minimum Gasteiger partial charge on any atom is -0.478 e. The third kappa shape index (κ3) is 9.38. The Hall–Kier alpha value is -3.40. The summed E-state index contributed by atoms with van der Waals surface area (Å²) in [4.78, 5) is 20.4. The molecule has 0 spiro atoms. The van der Waals surface area contributed by atoms with E-state index >= 15 is 0 Å². The molecule has 0 aromatic heterocycles. The maximum Gasteiger partial charge on any atom is 0.335 e.